The summed E-state index contributed by atoms with van der Waals surface area (Å²) < 4.78 is 25.6. The number of hydrogen-bond donors (Lipinski definition) is 0. The van der Waals surface area contributed by atoms with Gasteiger partial charge in [0.25, 0.3) is 5.91 Å². The van der Waals surface area contributed by atoms with Crippen molar-refractivity contribution in [2.75, 3.05) is 26.2 Å². The molecule has 1 aromatic rings. The molecular formula is C16H24F2N4O. The van der Waals surface area contributed by atoms with E-state index in [-0.39, 0.29) is 11.6 Å². The average molecular weight is 326 g/mol. The molecule has 2 aliphatic rings. The van der Waals surface area contributed by atoms with Crippen molar-refractivity contribution in [3.63, 3.8) is 0 Å². The van der Waals surface area contributed by atoms with Crippen molar-refractivity contribution in [1.82, 2.24) is 19.6 Å². The smallest absolute Gasteiger partial charge is 0.333 e. The molecule has 0 aliphatic carbocycles. The molecule has 2 fully saturated rings. The molecule has 2 saturated heterocycles. The van der Waals surface area contributed by atoms with Crippen LogP contribution in [-0.2, 0) is 0 Å². The highest BCUT2D eigenvalue weighted by atomic mass is 19.3. The van der Waals surface area contributed by atoms with Gasteiger partial charge in [-0.1, -0.05) is 0 Å². The van der Waals surface area contributed by atoms with Gasteiger partial charge in [0.15, 0.2) is 5.69 Å². The van der Waals surface area contributed by atoms with Gasteiger partial charge in [0.1, 0.15) is 0 Å². The highest BCUT2D eigenvalue weighted by Gasteiger charge is 2.31. The predicted octanol–water partition coefficient (Wildman–Crippen LogP) is 2.61. The van der Waals surface area contributed by atoms with Crippen molar-refractivity contribution in [2.45, 2.75) is 45.2 Å². The number of likely N-dealkylation sites (tertiary alicyclic amines) is 2. The van der Waals surface area contributed by atoms with E-state index in [1.165, 1.54) is 32.0 Å². The number of carbonyl (C=O) groups excluding carboxylic acids is 1. The van der Waals surface area contributed by atoms with Crippen LogP contribution in [0.25, 0.3) is 0 Å². The lowest BCUT2D eigenvalue weighted by molar-refractivity contribution is 0.0533. The second-order valence-electron chi connectivity index (χ2n) is 6.57. The Morgan fingerprint density at radius 3 is 2.43 bits per heavy atom. The molecule has 1 atom stereocenters. The summed E-state index contributed by atoms with van der Waals surface area (Å²) in [5.41, 5.74) is 0.108. The summed E-state index contributed by atoms with van der Waals surface area (Å²) in [7, 11) is 0. The van der Waals surface area contributed by atoms with Crippen LogP contribution >= 0.6 is 0 Å². The minimum Gasteiger partial charge on any atom is -0.337 e. The van der Waals surface area contributed by atoms with Crippen LogP contribution in [0.3, 0.4) is 0 Å². The van der Waals surface area contributed by atoms with E-state index in [2.05, 4.69) is 16.9 Å². The molecule has 23 heavy (non-hydrogen) atoms. The zero-order valence-electron chi connectivity index (χ0n) is 13.5. The van der Waals surface area contributed by atoms with Crippen molar-refractivity contribution in [2.24, 2.45) is 5.92 Å². The average Bonchev–Trinajstić information content (AvgIpc) is 3.25. The number of amides is 1. The molecule has 1 aromatic heterocycles. The molecule has 7 heteroatoms. The van der Waals surface area contributed by atoms with Crippen molar-refractivity contribution in [1.29, 1.82) is 0 Å². The number of carbonyl (C=O) groups is 1. The van der Waals surface area contributed by atoms with Gasteiger partial charge in [0.05, 0.1) is 0 Å². The number of rotatable bonds is 4. The van der Waals surface area contributed by atoms with Gasteiger partial charge in [0.2, 0.25) is 0 Å². The van der Waals surface area contributed by atoms with Crippen LogP contribution in [0, 0.1) is 5.92 Å². The number of halogens is 2. The Hall–Kier alpha value is -1.50. The first-order chi connectivity index (χ1) is 11.1. The molecule has 3 rings (SSSR count). The minimum atomic E-state index is -2.71. The molecule has 5 nitrogen and oxygen atoms in total. The Morgan fingerprint density at radius 1 is 1.22 bits per heavy atom. The van der Waals surface area contributed by atoms with Crippen molar-refractivity contribution < 1.29 is 13.6 Å². The number of piperidine rings is 1. The summed E-state index contributed by atoms with van der Waals surface area (Å²) in [5, 5.41) is 3.67. The van der Waals surface area contributed by atoms with Gasteiger partial charge >= 0.3 is 6.55 Å². The van der Waals surface area contributed by atoms with Gasteiger partial charge in [-0.2, -0.15) is 13.9 Å². The molecule has 0 bridgehead atoms. The van der Waals surface area contributed by atoms with Crippen LogP contribution < -0.4 is 0 Å². The number of nitrogens with zero attached hydrogens (tertiary/aromatic N) is 4. The van der Waals surface area contributed by atoms with Crippen LogP contribution in [0.4, 0.5) is 8.78 Å². The molecule has 2 aliphatic heterocycles. The first kappa shape index (κ1) is 16.4. The fourth-order valence-electron chi connectivity index (χ4n) is 3.75. The lowest BCUT2D eigenvalue weighted by atomic mass is 9.89. The van der Waals surface area contributed by atoms with E-state index in [0.29, 0.717) is 29.7 Å². The van der Waals surface area contributed by atoms with E-state index in [4.69, 9.17) is 0 Å². The second kappa shape index (κ2) is 6.95. The molecule has 1 unspecified atom stereocenters. The second-order valence-corrected chi connectivity index (χ2v) is 6.57. The molecular weight excluding hydrogens is 302 g/mol. The van der Waals surface area contributed by atoms with Crippen LogP contribution in [0.1, 0.15) is 49.6 Å². The maximum Gasteiger partial charge on any atom is 0.333 e. The number of aromatic nitrogens is 2. The van der Waals surface area contributed by atoms with Gasteiger partial charge in [-0.3, -0.25) is 4.79 Å². The van der Waals surface area contributed by atoms with Gasteiger partial charge in [-0.15, -0.1) is 0 Å². The molecule has 3 heterocycles. The van der Waals surface area contributed by atoms with Gasteiger partial charge in [-0.05, 0) is 57.7 Å². The SMILES string of the molecule is CC(C1CCN(C(=O)c2ccn(C(F)F)n2)CC1)N1CCCC1. The monoisotopic (exact) mass is 326 g/mol. The Kier molecular flexibility index (Phi) is 4.94. The molecule has 0 spiro atoms. The third kappa shape index (κ3) is 3.54. The Morgan fingerprint density at radius 2 is 1.87 bits per heavy atom. The molecule has 0 aromatic carbocycles. The molecule has 0 saturated carbocycles. The van der Waals surface area contributed by atoms with Crippen molar-refractivity contribution in [3.05, 3.63) is 18.0 Å². The van der Waals surface area contributed by atoms with E-state index in [9.17, 15) is 13.6 Å². The Bertz CT molecular complexity index is 534. The van der Waals surface area contributed by atoms with Crippen LogP contribution in [0.2, 0.25) is 0 Å². The lowest BCUT2D eigenvalue weighted by Gasteiger charge is -2.38. The Balaban J connectivity index is 1.54. The quantitative estimate of drug-likeness (QED) is 0.854. The summed E-state index contributed by atoms with van der Waals surface area (Å²) >= 11 is 0. The van der Waals surface area contributed by atoms with Crippen LogP contribution in [-0.4, -0.2) is 57.7 Å². The predicted molar refractivity (Wildman–Crippen MR) is 82.4 cm³/mol. The summed E-state index contributed by atoms with van der Waals surface area (Å²) in [6.45, 7) is 3.32. The van der Waals surface area contributed by atoms with Crippen LogP contribution in [0.15, 0.2) is 12.3 Å². The van der Waals surface area contributed by atoms with Crippen molar-refractivity contribution in [3.8, 4) is 0 Å². The highest BCUT2D eigenvalue weighted by molar-refractivity contribution is 5.92. The third-order valence-corrected chi connectivity index (χ3v) is 5.25. The highest BCUT2D eigenvalue weighted by Crippen LogP contribution is 2.27. The van der Waals surface area contributed by atoms with E-state index >= 15 is 0 Å². The molecule has 0 radical (unpaired) electrons. The third-order valence-electron chi connectivity index (χ3n) is 5.25. The van der Waals surface area contributed by atoms with E-state index in [0.717, 1.165) is 19.0 Å². The Labute approximate surface area is 135 Å². The minimum absolute atomic E-state index is 0.108. The lowest BCUT2D eigenvalue weighted by Crippen LogP contribution is -2.45. The maximum atomic E-state index is 12.5. The summed E-state index contributed by atoms with van der Waals surface area (Å²) in [5.74, 6) is 0.368. The molecule has 0 N–H and O–H groups in total. The largest absolute Gasteiger partial charge is 0.337 e. The summed E-state index contributed by atoms with van der Waals surface area (Å²) in [6.07, 6.45) is 5.67. The van der Waals surface area contributed by atoms with Crippen LogP contribution in [0.5, 0.6) is 0 Å². The summed E-state index contributed by atoms with van der Waals surface area (Å²) in [6, 6.07) is 1.93. The normalized spacial score (nSPS) is 22.0. The fourth-order valence-corrected chi connectivity index (χ4v) is 3.75. The molecule has 1 amide bonds. The standard InChI is InChI=1S/C16H24F2N4O/c1-12(20-7-2-3-8-20)13-4-9-21(10-5-13)15(23)14-6-11-22(19-14)16(17)18/h6,11-13,16H,2-5,7-10H2,1H3. The number of hydrogen-bond acceptors (Lipinski definition) is 3. The van der Waals surface area contributed by atoms with Crippen molar-refractivity contribution >= 4 is 5.91 Å². The molecule has 128 valence electrons. The van der Waals surface area contributed by atoms with Gasteiger partial charge in [0, 0.05) is 25.3 Å². The number of alkyl halides is 2. The fraction of sp³-hybridized carbons (Fsp3) is 0.750. The first-order valence-corrected chi connectivity index (χ1v) is 8.43. The van der Waals surface area contributed by atoms with Gasteiger partial charge in [-0.25, -0.2) is 4.68 Å². The van der Waals surface area contributed by atoms with Gasteiger partial charge < -0.3 is 9.80 Å². The topological polar surface area (TPSA) is 41.4 Å². The zero-order valence-corrected chi connectivity index (χ0v) is 13.5. The van der Waals surface area contributed by atoms with E-state index in [1.807, 2.05) is 0 Å². The maximum absolute atomic E-state index is 12.5. The first-order valence-electron chi connectivity index (χ1n) is 8.43. The zero-order chi connectivity index (χ0) is 16.4. The summed E-state index contributed by atoms with van der Waals surface area (Å²) in [4.78, 5) is 16.7. The van der Waals surface area contributed by atoms with E-state index in [1.54, 1.807) is 4.90 Å². The van der Waals surface area contributed by atoms with E-state index < -0.39 is 6.55 Å².